The van der Waals surface area contributed by atoms with Crippen molar-refractivity contribution in [2.45, 2.75) is 19.5 Å². The second kappa shape index (κ2) is 10.3. The number of benzene rings is 2. The van der Waals surface area contributed by atoms with Crippen molar-refractivity contribution in [1.82, 2.24) is 14.7 Å². The number of hydrogen-bond acceptors (Lipinski definition) is 5. The minimum Gasteiger partial charge on any atom is -0.381 e. The molecule has 5 heteroatoms. The molecule has 2 saturated heterocycles. The monoisotopic (exact) mass is 407 g/mol. The van der Waals surface area contributed by atoms with Gasteiger partial charge in [-0.15, -0.1) is 0 Å². The van der Waals surface area contributed by atoms with E-state index in [1.54, 1.807) is 0 Å². The number of nitrogens with one attached hydrogen (secondary N) is 1. The first-order valence-electron chi connectivity index (χ1n) is 11.4. The van der Waals surface area contributed by atoms with Gasteiger partial charge in [0.15, 0.2) is 0 Å². The predicted octanol–water partition coefficient (Wildman–Crippen LogP) is 3.19. The van der Waals surface area contributed by atoms with Crippen molar-refractivity contribution in [3.05, 3.63) is 59.7 Å². The number of likely N-dealkylation sites (N-methyl/N-ethyl adjacent to an activating group) is 2. The smallest absolute Gasteiger partial charge is 0.0400 e. The lowest BCUT2D eigenvalue weighted by molar-refractivity contribution is 0.269. The summed E-state index contributed by atoms with van der Waals surface area (Å²) in [4.78, 5) is 9.89. The minimum atomic E-state index is 0.864. The van der Waals surface area contributed by atoms with Gasteiger partial charge in [0.25, 0.3) is 0 Å². The Bertz CT molecular complexity index is 765. The lowest BCUT2D eigenvalue weighted by Gasteiger charge is -2.34. The zero-order valence-corrected chi connectivity index (χ0v) is 18.7. The molecule has 162 valence electrons. The molecule has 30 heavy (non-hydrogen) atoms. The summed E-state index contributed by atoms with van der Waals surface area (Å²) in [6.07, 6.45) is 1.27. The lowest BCUT2D eigenvalue weighted by atomic mass is 10.1. The third-order valence-electron chi connectivity index (χ3n) is 6.47. The van der Waals surface area contributed by atoms with Crippen molar-refractivity contribution in [3.63, 3.8) is 0 Å². The van der Waals surface area contributed by atoms with Crippen LogP contribution in [0, 0.1) is 0 Å². The molecule has 0 unspecified atom stereocenters. The Morgan fingerprint density at radius 1 is 0.667 bits per heavy atom. The van der Waals surface area contributed by atoms with Crippen molar-refractivity contribution < 1.29 is 0 Å². The molecule has 0 saturated carbocycles. The fraction of sp³-hybridized carbons (Fsp3) is 0.520. The number of anilines is 2. The maximum Gasteiger partial charge on any atom is 0.0400 e. The van der Waals surface area contributed by atoms with Gasteiger partial charge in [0.2, 0.25) is 0 Å². The Morgan fingerprint density at radius 3 is 2.03 bits per heavy atom. The molecule has 2 aliphatic rings. The van der Waals surface area contributed by atoms with Crippen LogP contribution >= 0.6 is 0 Å². The van der Waals surface area contributed by atoms with E-state index in [-0.39, 0.29) is 0 Å². The second-order valence-electron chi connectivity index (χ2n) is 8.94. The fourth-order valence-electron chi connectivity index (χ4n) is 4.34. The number of piperazine rings is 1. The normalized spacial score (nSPS) is 19.6. The molecule has 0 amide bonds. The van der Waals surface area contributed by atoms with Crippen LogP contribution in [0.3, 0.4) is 0 Å². The summed E-state index contributed by atoms with van der Waals surface area (Å²) in [6.45, 7) is 11.2. The van der Waals surface area contributed by atoms with E-state index in [0.717, 1.165) is 39.3 Å². The van der Waals surface area contributed by atoms with E-state index in [1.165, 1.54) is 55.1 Å². The molecule has 4 rings (SSSR count). The van der Waals surface area contributed by atoms with E-state index < -0.39 is 0 Å². The van der Waals surface area contributed by atoms with Crippen molar-refractivity contribution in [2.75, 3.05) is 76.7 Å². The number of hydrogen-bond donors (Lipinski definition) is 1. The van der Waals surface area contributed by atoms with Crippen LogP contribution in [-0.2, 0) is 13.1 Å². The summed E-state index contributed by atoms with van der Waals surface area (Å²) in [6, 6.07) is 18.0. The van der Waals surface area contributed by atoms with E-state index in [2.05, 4.69) is 87.5 Å². The van der Waals surface area contributed by atoms with E-state index in [4.69, 9.17) is 0 Å². The van der Waals surface area contributed by atoms with E-state index >= 15 is 0 Å². The molecule has 2 heterocycles. The first-order chi connectivity index (χ1) is 14.7. The third kappa shape index (κ3) is 5.97. The molecular weight excluding hydrogens is 370 g/mol. The Kier molecular flexibility index (Phi) is 7.26. The van der Waals surface area contributed by atoms with Crippen LogP contribution in [0.5, 0.6) is 0 Å². The Balaban J connectivity index is 1.25. The van der Waals surface area contributed by atoms with Crippen LogP contribution in [0.25, 0.3) is 0 Å². The number of nitrogens with zero attached hydrogens (tertiary/aromatic N) is 4. The Morgan fingerprint density at radius 2 is 1.30 bits per heavy atom. The predicted molar refractivity (Wildman–Crippen MR) is 127 cm³/mol. The van der Waals surface area contributed by atoms with Crippen LogP contribution in [0.2, 0.25) is 0 Å². The van der Waals surface area contributed by atoms with Gasteiger partial charge >= 0.3 is 0 Å². The average Bonchev–Trinajstić information content (AvgIpc) is 2.98. The summed E-state index contributed by atoms with van der Waals surface area (Å²) < 4.78 is 0. The summed E-state index contributed by atoms with van der Waals surface area (Å²) in [5.41, 5.74) is 5.26. The van der Waals surface area contributed by atoms with Crippen molar-refractivity contribution in [1.29, 1.82) is 0 Å². The highest BCUT2D eigenvalue weighted by molar-refractivity contribution is 5.55. The molecule has 2 fully saturated rings. The number of rotatable bonds is 6. The van der Waals surface area contributed by atoms with Crippen LogP contribution in [0.4, 0.5) is 11.4 Å². The molecule has 2 aliphatic heterocycles. The van der Waals surface area contributed by atoms with Gasteiger partial charge in [0.1, 0.15) is 0 Å². The Labute approximate surface area is 182 Å². The largest absolute Gasteiger partial charge is 0.381 e. The quantitative estimate of drug-likeness (QED) is 0.793. The maximum absolute atomic E-state index is 3.57. The van der Waals surface area contributed by atoms with Gasteiger partial charge < -0.3 is 20.0 Å². The van der Waals surface area contributed by atoms with Gasteiger partial charge in [-0.1, -0.05) is 24.3 Å². The van der Waals surface area contributed by atoms with Crippen LogP contribution in [0.1, 0.15) is 17.5 Å². The first-order valence-corrected chi connectivity index (χ1v) is 11.4. The Hall–Kier alpha value is -2.08. The highest BCUT2D eigenvalue weighted by Gasteiger charge is 2.14. The molecule has 2 aromatic carbocycles. The van der Waals surface area contributed by atoms with Crippen LogP contribution in [-0.4, -0.2) is 81.2 Å². The molecule has 0 atom stereocenters. The minimum absolute atomic E-state index is 0.864. The van der Waals surface area contributed by atoms with Gasteiger partial charge in [-0.2, -0.15) is 0 Å². The van der Waals surface area contributed by atoms with Crippen molar-refractivity contribution in [2.24, 2.45) is 0 Å². The molecule has 0 radical (unpaired) electrons. The van der Waals surface area contributed by atoms with Gasteiger partial charge in [-0.05, 0) is 69.0 Å². The van der Waals surface area contributed by atoms with E-state index in [0.29, 0.717) is 0 Å². The summed E-state index contributed by atoms with van der Waals surface area (Å²) in [7, 11) is 4.43. The molecule has 0 aromatic heterocycles. The van der Waals surface area contributed by atoms with E-state index in [9.17, 15) is 0 Å². The molecule has 2 aromatic rings. The van der Waals surface area contributed by atoms with Crippen molar-refractivity contribution in [3.8, 4) is 0 Å². The van der Waals surface area contributed by atoms with Gasteiger partial charge in [-0.25, -0.2) is 0 Å². The summed E-state index contributed by atoms with van der Waals surface area (Å²) in [5.74, 6) is 0. The molecule has 1 N–H and O–H groups in total. The SMILES string of the molecule is CN1CCCN(Cc2ccc(CNc3ccc(N4CCN(C)CC4)cc3)cc2)CC1. The first kappa shape index (κ1) is 21.2. The maximum atomic E-state index is 3.57. The lowest BCUT2D eigenvalue weighted by Crippen LogP contribution is -2.44. The van der Waals surface area contributed by atoms with Crippen LogP contribution < -0.4 is 10.2 Å². The molecule has 0 bridgehead atoms. The van der Waals surface area contributed by atoms with Gasteiger partial charge in [0, 0.05) is 63.7 Å². The summed E-state index contributed by atoms with van der Waals surface area (Å²) >= 11 is 0. The molecular formula is C25H37N5. The molecule has 0 aliphatic carbocycles. The van der Waals surface area contributed by atoms with Crippen LogP contribution in [0.15, 0.2) is 48.5 Å². The van der Waals surface area contributed by atoms with Crippen molar-refractivity contribution >= 4 is 11.4 Å². The van der Waals surface area contributed by atoms with Gasteiger partial charge in [-0.3, -0.25) is 4.90 Å². The third-order valence-corrected chi connectivity index (χ3v) is 6.47. The standard InChI is InChI=1S/C25H37N5/c1-27-12-3-13-29(17-14-27)21-23-6-4-22(5-7-23)20-26-24-8-10-25(11-9-24)30-18-15-28(2)16-19-30/h4-11,26H,3,12-21H2,1-2H3. The highest BCUT2D eigenvalue weighted by atomic mass is 15.2. The fourth-order valence-corrected chi connectivity index (χ4v) is 4.34. The van der Waals surface area contributed by atoms with E-state index in [1.807, 2.05) is 0 Å². The molecule has 0 spiro atoms. The molecule has 5 nitrogen and oxygen atoms in total. The second-order valence-corrected chi connectivity index (χ2v) is 8.94. The zero-order chi connectivity index (χ0) is 20.8. The zero-order valence-electron chi connectivity index (χ0n) is 18.7. The van der Waals surface area contributed by atoms with Gasteiger partial charge in [0.05, 0.1) is 0 Å². The summed E-state index contributed by atoms with van der Waals surface area (Å²) in [5, 5.41) is 3.57. The average molecular weight is 408 g/mol. The topological polar surface area (TPSA) is 25.0 Å². The highest BCUT2D eigenvalue weighted by Crippen LogP contribution is 2.20.